The molecule has 0 saturated carbocycles. The van der Waals surface area contributed by atoms with Crippen molar-refractivity contribution in [2.24, 2.45) is 0 Å². The minimum Gasteiger partial charge on any atom is -0.508 e. The highest BCUT2D eigenvalue weighted by Crippen LogP contribution is 2.25. The summed E-state index contributed by atoms with van der Waals surface area (Å²) in [5.41, 5.74) is 1.64. The summed E-state index contributed by atoms with van der Waals surface area (Å²) in [7, 11) is 0. The molecule has 146 valence electrons. The standard InChI is InChI=1S/C21H23N3O4/c1-14(28-17-8-6-16(25)7-9-17)20(26)23-12-10-15(11-13-23)24-19-5-3-2-4-18(19)22-21(24)27/h2-9,14-15,25H,10-13H2,1H3,(H,22,27)/t14-/m1/s1. The Kier molecular flexibility index (Phi) is 4.81. The molecular formula is C21H23N3O4. The van der Waals surface area contributed by atoms with Crippen molar-refractivity contribution >= 4 is 16.9 Å². The summed E-state index contributed by atoms with van der Waals surface area (Å²) in [5.74, 6) is 0.623. The van der Waals surface area contributed by atoms with Gasteiger partial charge >= 0.3 is 5.69 Å². The van der Waals surface area contributed by atoms with E-state index in [-0.39, 0.29) is 23.4 Å². The van der Waals surface area contributed by atoms with Crippen LogP contribution in [0.5, 0.6) is 11.5 Å². The first kappa shape index (κ1) is 18.2. The lowest BCUT2D eigenvalue weighted by atomic mass is 10.0. The zero-order valence-electron chi connectivity index (χ0n) is 15.7. The third-order valence-corrected chi connectivity index (χ3v) is 5.26. The van der Waals surface area contributed by atoms with E-state index in [9.17, 15) is 14.7 Å². The molecule has 4 rings (SSSR count). The van der Waals surface area contributed by atoms with Gasteiger partial charge < -0.3 is 19.7 Å². The third-order valence-electron chi connectivity index (χ3n) is 5.26. The molecule has 0 bridgehead atoms. The van der Waals surface area contributed by atoms with Gasteiger partial charge in [0.25, 0.3) is 5.91 Å². The van der Waals surface area contributed by atoms with Gasteiger partial charge in [0, 0.05) is 19.1 Å². The fourth-order valence-electron chi connectivity index (χ4n) is 3.82. The van der Waals surface area contributed by atoms with Crippen LogP contribution in [0.1, 0.15) is 25.8 Å². The molecule has 1 atom stereocenters. The van der Waals surface area contributed by atoms with Crippen LogP contribution in [0.3, 0.4) is 0 Å². The van der Waals surface area contributed by atoms with Gasteiger partial charge in [-0.15, -0.1) is 0 Å². The Labute approximate surface area is 162 Å². The van der Waals surface area contributed by atoms with Gasteiger partial charge in [0.15, 0.2) is 6.10 Å². The second-order valence-corrected chi connectivity index (χ2v) is 7.13. The number of para-hydroxylation sites is 2. The number of aromatic hydroxyl groups is 1. The van der Waals surface area contributed by atoms with Crippen molar-refractivity contribution in [3.63, 3.8) is 0 Å². The normalized spacial score (nSPS) is 16.2. The molecule has 0 unspecified atom stereocenters. The number of hydrogen-bond donors (Lipinski definition) is 2. The predicted molar refractivity (Wildman–Crippen MR) is 106 cm³/mol. The number of phenolic OH excluding ortho intramolecular Hbond substituents is 1. The summed E-state index contributed by atoms with van der Waals surface area (Å²) in [6.45, 7) is 2.89. The van der Waals surface area contributed by atoms with Crippen LogP contribution in [0.4, 0.5) is 0 Å². The molecule has 2 heterocycles. The minimum absolute atomic E-state index is 0.0704. The number of likely N-dealkylation sites (tertiary alicyclic amines) is 1. The van der Waals surface area contributed by atoms with Crippen molar-refractivity contribution in [2.45, 2.75) is 31.9 Å². The van der Waals surface area contributed by atoms with Crippen LogP contribution in [0.25, 0.3) is 11.0 Å². The lowest BCUT2D eigenvalue weighted by molar-refractivity contribution is -0.139. The van der Waals surface area contributed by atoms with Gasteiger partial charge in [-0.05, 0) is 56.2 Å². The summed E-state index contributed by atoms with van der Waals surface area (Å²) in [6, 6.07) is 14.1. The second-order valence-electron chi connectivity index (χ2n) is 7.13. The van der Waals surface area contributed by atoms with Crippen molar-refractivity contribution in [1.82, 2.24) is 14.5 Å². The molecule has 1 aliphatic heterocycles. The van der Waals surface area contributed by atoms with E-state index >= 15 is 0 Å². The van der Waals surface area contributed by atoms with E-state index in [1.807, 2.05) is 28.8 Å². The summed E-state index contributed by atoms with van der Waals surface area (Å²) in [5, 5.41) is 9.34. The van der Waals surface area contributed by atoms with E-state index in [4.69, 9.17) is 4.74 Å². The molecular weight excluding hydrogens is 358 g/mol. The first-order chi connectivity index (χ1) is 13.5. The topological polar surface area (TPSA) is 87.6 Å². The molecule has 7 heteroatoms. The van der Waals surface area contributed by atoms with Crippen LogP contribution in [0, 0.1) is 0 Å². The molecule has 3 aromatic rings. The summed E-state index contributed by atoms with van der Waals surface area (Å²) < 4.78 is 7.51. The van der Waals surface area contributed by atoms with Gasteiger partial charge in [0.05, 0.1) is 11.0 Å². The number of H-pyrrole nitrogens is 1. The van der Waals surface area contributed by atoms with E-state index in [0.717, 1.165) is 23.9 Å². The molecule has 2 aromatic carbocycles. The first-order valence-electron chi connectivity index (χ1n) is 9.46. The number of carbonyl (C=O) groups excluding carboxylic acids is 1. The fourth-order valence-corrected chi connectivity index (χ4v) is 3.82. The maximum absolute atomic E-state index is 12.7. The van der Waals surface area contributed by atoms with Gasteiger partial charge in [-0.2, -0.15) is 0 Å². The minimum atomic E-state index is -0.614. The zero-order chi connectivity index (χ0) is 19.7. The van der Waals surface area contributed by atoms with Gasteiger partial charge in [-0.25, -0.2) is 4.79 Å². The lowest BCUT2D eigenvalue weighted by Crippen LogP contribution is -2.45. The predicted octanol–water partition coefficient (Wildman–Crippen LogP) is 2.67. The molecule has 0 radical (unpaired) electrons. The number of piperidine rings is 1. The highest BCUT2D eigenvalue weighted by Gasteiger charge is 2.29. The molecule has 2 N–H and O–H groups in total. The lowest BCUT2D eigenvalue weighted by Gasteiger charge is -2.34. The van der Waals surface area contributed by atoms with Crippen LogP contribution >= 0.6 is 0 Å². The number of aromatic amines is 1. The Bertz CT molecular complexity index is 1030. The molecule has 1 aliphatic rings. The maximum atomic E-state index is 12.7. The average molecular weight is 381 g/mol. The molecule has 1 aromatic heterocycles. The first-order valence-corrected chi connectivity index (χ1v) is 9.46. The fraction of sp³-hybridized carbons (Fsp3) is 0.333. The highest BCUT2D eigenvalue weighted by molar-refractivity contribution is 5.81. The molecule has 1 saturated heterocycles. The van der Waals surface area contributed by atoms with Gasteiger partial charge in [0.1, 0.15) is 11.5 Å². The second kappa shape index (κ2) is 7.42. The Balaban J connectivity index is 1.40. The number of nitrogens with zero attached hydrogens (tertiary/aromatic N) is 2. The van der Waals surface area contributed by atoms with Crippen LogP contribution < -0.4 is 10.4 Å². The maximum Gasteiger partial charge on any atom is 0.326 e. The number of amides is 1. The summed E-state index contributed by atoms with van der Waals surface area (Å²) in [6.07, 6.45) is 0.829. The zero-order valence-corrected chi connectivity index (χ0v) is 15.7. The average Bonchev–Trinajstić information content (AvgIpc) is 3.05. The van der Waals surface area contributed by atoms with Crippen molar-refractivity contribution in [3.05, 3.63) is 59.0 Å². The largest absolute Gasteiger partial charge is 0.508 e. The molecule has 7 nitrogen and oxygen atoms in total. The van der Waals surface area contributed by atoms with E-state index in [1.165, 1.54) is 12.1 Å². The number of nitrogens with one attached hydrogen (secondary N) is 1. The van der Waals surface area contributed by atoms with Gasteiger partial charge in [-0.1, -0.05) is 12.1 Å². The van der Waals surface area contributed by atoms with Gasteiger partial charge in [0.2, 0.25) is 0 Å². The Morgan fingerprint density at radius 2 is 1.82 bits per heavy atom. The van der Waals surface area contributed by atoms with Crippen LogP contribution in [0.15, 0.2) is 53.3 Å². The molecule has 1 amide bonds. The number of benzene rings is 2. The van der Waals surface area contributed by atoms with Crippen molar-refractivity contribution < 1.29 is 14.6 Å². The number of fused-ring (bicyclic) bond motifs is 1. The summed E-state index contributed by atoms with van der Waals surface area (Å²) in [4.78, 5) is 29.8. The van der Waals surface area contributed by atoms with Crippen molar-refractivity contribution in [1.29, 1.82) is 0 Å². The number of aromatic nitrogens is 2. The van der Waals surface area contributed by atoms with Crippen LogP contribution in [0.2, 0.25) is 0 Å². The Hall–Kier alpha value is -3.22. The number of hydrogen-bond acceptors (Lipinski definition) is 4. The Morgan fingerprint density at radius 1 is 1.14 bits per heavy atom. The van der Waals surface area contributed by atoms with E-state index in [2.05, 4.69) is 4.98 Å². The Morgan fingerprint density at radius 3 is 2.54 bits per heavy atom. The number of carbonyl (C=O) groups is 1. The number of imidazole rings is 1. The molecule has 28 heavy (non-hydrogen) atoms. The van der Waals surface area contributed by atoms with Crippen molar-refractivity contribution in [2.75, 3.05) is 13.1 Å². The van der Waals surface area contributed by atoms with Crippen LogP contribution in [-0.2, 0) is 4.79 Å². The quantitative estimate of drug-likeness (QED) is 0.727. The van der Waals surface area contributed by atoms with Crippen molar-refractivity contribution in [3.8, 4) is 11.5 Å². The monoisotopic (exact) mass is 381 g/mol. The number of rotatable bonds is 4. The van der Waals surface area contributed by atoms with Crippen LogP contribution in [-0.4, -0.2) is 44.7 Å². The molecule has 0 aliphatic carbocycles. The number of phenols is 1. The molecule has 1 fully saturated rings. The van der Waals surface area contributed by atoms with E-state index in [0.29, 0.717) is 18.8 Å². The molecule has 0 spiro atoms. The third kappa shape index (κ3) is 3.47. The van der Waals surface area contributed by atoms with E-state index < -0.39 is 6.10 Å². The number of ether oxygens (including phenoxy) is 1. The summed E-state index contributed by atoms with van der Waals surface area (Å²) >= 11 is 0. The van der Waals surface area contributed by atoms with Gasteiger partial charge in [-0.3, -0.25) is 9.36 Å². The van der Waals surface area contributed by atoms with E-state index in [1.54, 1.807) is 24.0 Å². The highest BCUT2D eigenvalue weighted by atomic mass is 16.5. The smallest absolute Gasteiger partial charge is 0.326 e. The SMILES string of the molecule is C[C@@H](Oc1ccc(O)cc1)C(=O)N1CCC(n2c(=O)[nH]c3ccccc32)CC1.